The number of nitrogens with one attached hydrogen (secondary N) is 1. The summed E-state index contributed by atoms with van der Waals surface area (Å²) in [6, 6.07) is 9.24. The van der Waals surface area contributed by atoms with Crippen LogP contribution in [0, 0.1) is 16.0 Å². The van der Waals surface area contributed by atoms with Crippen LogP contribution >= 0.6 is 0 Å². The molecule has 160 valence electrons. The first-order valence-corrected chi connectivity index (χ1v) is 9.54. The number of ether oxygens (including phenoxy) is 1. The van der Waals surface area contributed by atoms with Gasteiger partial charge in [-0.15, -0.1) is 0 Å². The fourth-order valence-corrected chi connectivity index (χ4v) is 2.83. The van der Waals surface area contributed by atoms with Gasteiger partial charge >= 0.3 is 0 Å². The molecule has 3 aromatic rings. The van der Waals surface area contributed by atoms with Gasteiger partial charge in [0.1, 0.15) is 12.4 Å². The molecule has 0 aliphatic rings. The lowest BCUT2D eigenvalue weighted by atomic mass is 10.0. The molecule has 2 atom stereocenters. The van der Waals surface area contributed by atoms with Crippen LogP contribution in [0.2, 0.25) is 0 Å². The summed E-state index contributed by atoms with van der Waals surface area (Å²) in [6.45, 7) is 4.70. The fraction of sp³-hybridized carbons (Fsp3) is 0.400. The monoisotopic (exact) mass is 416 g/mol. The highest BCUT2D eigenvalue weighted by Gasteiger charge is 2.23. The third-order valence-electron chi connectivity index (χ3n) is 4.42. The number of benzene rings is 1. The molecule has 2 unspecified atom stereocenters. The summed E-state index contributed by atoms with van der Waals surface area (Å²) in [5.74, 6) is 1.53. The molecule has 0 aliphatic carbocycles. The molecule has 10 heteroatoms. The second-order valence-corrected chi connectivity index (χ2v) is 7.14. The van der Waals surface area contributed by atoms with E-state index in [0.717, 1.165) is 0 Å². The van der Waals surface area contributed by atoms with Crippen LogP contribution in [0.25, 0.3) is 11.4 Å². The largest absolute Gasteiger partial charge is 0.467 e. The maximum absolute atomic E-state index is 10.8. The molecule has 2 aromatic heterocycles. The van der Waals surface area contributed by atoms with Crippen molar-refractivity contribution >= 4 is 5.69 Å². The Morgan fingerprint density at radius 2 is 2.03 bits per heavy atom. The van der Waals surface area contributed by atoms with Gasteiger partial charge in [-0.1, -0.05) is 19.0 Å². The van der Waals surface area contributed by atoms with E-state index in [1.54, 1.807) is 30.5 Å². The van der Waals surface area contributed by atoms with Crippen LogP contribution in [0.5, 0.6) is 0 Å². The van der Waals surface area contributed by atoms with Crippen molar-refractivity contribution in [3.8, 4) is 11.4 Å². The average Bonchev–Trinajstić information content (AvgIpc) is 3.40. The lowest BCUT2D eigenvalue weighted by molar-refractivity contribution is -0.384. The Bertz CT molecular complexity index is 923. The number of hydrogen-bond donors (Lipinski definition) is 2. The molecule has 30 heavy (non-hydrogen) atoms. The van der Waals surface area contributed by atoms with E-state index in [2.05, 4.69) is 15.5 Å². The van der Waals surface area contributed by atoms with Crippen molar-refractivity contribution in [3.05, 3.63) is 64.4 Å². The van der Waals surface area contributed by atoms with Gasteiger partial charge < -0.3 is 24.1 Å². The van der Waals surface area contributed by atoms with Crippen LogP contribution in [-0.2, 0) is 11.3 Å². The Morgan fingerprint density at radius 3 is 2.67 bits per heavy atom. The lowest BCUT2D eigenvalue weighted by Gasteiger charge is -2.20. The second kappa shape index (κ2) is 10.1. The summed E-state index contributed by atoms with van der Waals surface area (Å²) in [5, 5.41) is 28.2. The normalized spacial score (nSPS) is 13.5. The van der Waals surface area contributed by atoms with Crippen molar-refractivity contribution < 1.29 is 23.7 Å². The van der Waals surface area contributed by atoms with Crippen molar-refractivity contribution in [3.63, 3.8) is 0 Å². The molecule has 0 amide bonds. The van der Waals surface area contributed by atoms with Gasteiger partial charge in [-0.05, 0) is 30.2 Å². The van der Waals surface area contributed by atoms with E-state index in [1.165, 1.54) is 12.1 Å². The summed E-state index contributed by atoms with van der Waals surface area (Å²) in [7, 11) is 0. The number of aromatic nitrogens is 2. The van der Waals surface area contributed by atoms with Crippen LogP contribution in [0.3, 0.4) is 0 Å². The number of aliphatic hydroxyl groups excluding tert-OH is 1. The van der Waals surface area contributed by atoms with Gasteiger partial charge in [0, 0.05) is 24.2 Å². The topological polar surface area (TPSA) is 137 Å². The summed E-state index contributed by atoms with van der Waals surface area (Å²) in [5.41, 5.74) is 0.608. The summed E-state index contributed by atoms with van der Waals surface area (Å²) < 4.78 is 16.0. The first-order valence-electron chi connectivity index (χ1n) is 9.54. The van der Waals surface area contributed by atoms with Crippen LogP contribution < -0.4 is 5.32 Å². The van der Waals surface area contributed by atoms with Crippen LogP contribution in [0.15, 0.2) is 51.6 Å². The molecule has 0 spiro atoms. The molecule has 0 fully saturated rings. The van der Waals surface area contributed by atoms with Gasteiger partial charge in [0.05, 0.1) is 29.9 Å². The van der Waals surface area contributed by atoms with Crippen molar-refractivity contribution in [1.29, 1.82) is 0 Å². The number of hydrogen-bond acceptors (Lipinski definition) is 9. The molecule has 2 N–H and O–H groups in total. The van der Waals surface area contributed by atoms with E-state index in [0.29, 0.717) is 29.6 Å². The Morgan fingerprint density at radius 1 is 1.27 bits per heavy atom. The molecule has 3 rings (SSSR count). The lowest BCUT2D eigenvalue weighted by Crippen LogP contribution is -2.35. The predicted octanol–water partition coefficient (Wildman–Crippen LogP) is 3.10. The molecular formula is C20H24N4O6. The van der Waals surface area contributed by atoms with Crippen molar-refractivity contribution in [2.75, 3.05) is 13.2 Å². The predicted molar refractivity (Wildman–Crippen MR) is 106 cm³/mol. The number of nitrogens with zero attached hydrogens (tertiary/aromatic N) is 3. The van der Waals surface area contributed by atoms with E-state index >= 15 is 0 Å². The first-order chi connectivity index (χ1) is 14.4. The molecular weight excluding hydrogens is 392 g/mol. The zero-order valence-corrected chi connectivity index (χ0v) is 16.7. The fourth-order valence-electron chi connectivity index (χ4n) is 2.83. The molecule has 1 aromatic carbocycles. The summed E-state index contributed by atoms with van der Waals surface area (Å²) >= 11 is 0. The minimum Gasteiger partial charge on any atom is -0.467 e. The molecule has 2 heterocycles. The van der Waals surface area contributed by atoms with E-state index in [-0.39, 0.29) is 30.8 Å². The number of rotatable bonds is 11. The van der Waals surface area contributed by atoms with Crippen molar-refractivity contribution in [2.24, 2.45) is 5.92 Å². The number of nitro groups is 1. The molecule has 0 aliphatic heterocycles. The Balaban J connectivity index is 1.56. The van der Waals surface area contributed by atoms with Gasteiger partial charge in [-0.2, -0.15) is 4.98 Å². The highest BCUT2D eigenvalue weighted by molar-refractivity contribution is 5.56. The molecule has 0 saturated carbocycles. The van der Waals surface area contributed by atoms with Gasteiger partial charge in [0.15, 0.2) is 0 Å². The number of aliphatic hydroxyl groups is 1. The van der Waals surface area contributed by atoms with E-state index < -0.39 is 11.0 Å². The number of nitro benzene ring substituents is 1. The molecule has 0 bridgehead atoms. The van der Waals surface area contributed by atoms with E-state index in [1.807, 2.05) is 13.8 Å². The highest BCUT2D eigenvalue weighted by Crippen LogP contribution is 2.24. The van der Waals surface area contributed by atoms with Gasteiger partial charge in [0.2, 0.25) is 11.7 Å². The summed E-state index contributed by atoms with van der Waals surface area (Å²) in [6.07, 6.45) is 0.845. The van der Waals surface area contributed by atoms with Crippen LogP contribution in [0.1, 0.15) is 31.5 Å². The van der Waals surface area contributed by atoms with Crippen molar-refractivity contribution in [2.45, 2.75) is 32.6 Å². The Kier molecular flexibility index (Phi) is 7.28. The standard InChI is InChI=1S/C20H24N4O6/c1-13(2)18(21-10-16(25)11-28-12-17-4-3-9-29-17)20-22-19(23-30-20)14-5-7-15(8-6-14)24(26)27/h3-9,13,16,18,21,25H,10-12H2,1-2H3. The zero-order chi connectivity index (χ0) is 21.5. The van der Waals surface area contributed by atoms with E-state index in [9.17, 15) is 15.2 Å². The SMILES string of the molecule is CC(C)C(NCC(O)COCc1ccco1)c1nc(-c2ccc([N+](=O)[O-])cc2)no1. The van der Waals surface area contributed by atoms with Gasteiger partial charge in [0.25, 0.3) is 5.69 Å². The van der Waals surface area contributed by atoms with Gasteiger partial charge in [-0.3, -0.25) is 10.1 Å². The molecule has 0 radical (unpaired) electrons. The smallest absolute Gasteiger partial charge is 0.269 e. The number of non-ortho nitro benzene ring substituents is 1. The quantitative estimate of drug-likeness (QED) is 0.357. The minimum atomic E-state index is -0.724. The van der Waals surface area contributed by atoms with Gasteiger partial charge in [-0.25, -0.2) is 0 Å². The first kappa shape index (κ1) is 21.6. The number of furan rings is 1. The summed E-state index contributed by atoms with van der Waals surface area (Å²) in [4.78, 5) is 14.7. The second-order valence-electron chi connectivity index (χ2n) is 7.14. The highest BCUT2D eigenvalue weighted by atomic mass is 16.6. The third-order valence-corrected chi connectivity index (χ3v) is 4.42. The third kappa shape index (κ3) is 5.72. The van der Waals surface area contributed by atoms with Crippen LogP contribution in [0.4, 0.5) is 5.69 Å². The Hall–Kier alpha value is -3.08. The van der Waals surface area contributed by atoms with Crippen molar-refractivity contribution in [1.82, 2.24) is 15.5 Å². The maximum atomic E-state index is 10.8. The molecule has 0 saturated heterocycles. The van der Waals surface area contributed by atoms with Crippen LogP contribution in [-0.4, -0.2) is 39.4 Å². The Labute approximate surface area is 173 Å². The maximum Gasteiger partial charge on any atom is 0.269 e. The average molecular weight is 416 g/mol. The molecule has 10 nitrogen and oxygen atoms in total. The minimum absolute atomic E-state index is 0.00699. The zero-order valence-electron chi connectivity index (χ0n) is 16.7. The van der Waals surface area contributed by atoms with E-state index in [4.69, 9.17) is 13.7 Å².